The third-order valence-corrected chi connectivity index (χ3v) is 4.69. The van der Waals surface area contributed by atoms with Crippen LogP contribution in [0.3, 0.4) is 0 Å². The number of rotatable bonds is 7. The van der Waals surface area contributed by atoms with Gasteiger partial charge in [-0.15, -0.1) is 0 Å². The van der Waals surface area contributed by atoms with E-state index >= 15 is 0 Å². The fourth-order valence-electron chi connectivity index (χ4n) is 3.23. The molecule has 28 heavy (non-hydrogen) atoms. The van der Waals surface area contributed by atoms with Gasteiger partial charge in [0.05, 0.1) is 11.6 Å². The van der Waals surface area contributed by atoms with Gasteiger partial charge in [-0.25, -0.2) is 14.4 Å². The Kier molecular flexibility index (Phi) is 6.29. The molecule has 0 bridgehead atoms. The van der Waals surface area contributed by atoms with Crippen molar-refractivity contribution in [2.24, 2.45) is 5.92 Å². The molecular formula is C21H24ClFN4O. The Morgan fingerprint density at radius 3 is 2.79 bits per heavy atom. The van der Waals surface area contributed by atoms with E-state index in [2.05, 4.69) is 30.3 Å². The van der Waals surface area contributed by atoms with E-state index in [9.17, 15) is 9.18 Å². The molecule has 0 aliphatic rings. The number of hydrogen-bond donors (Lipinski definition) is 0. The predicted octanol–water partition coefficient (Wildman–Crippen LogP) is 4.93. The summed E-state index contributed by atoms with van der Waals surface area (Å²) in [6, 6.07) is 7.84. The average Bonchev–Trinajstić information content (AvgIpc) is 3.00. The second-order valence-corrected chi connectivity index (χ2v) is 7.64. The molecule has 0 atom stereocenters. The number of imidazole rings is 1. The van der Waals surface area contributed by atoms with Gasteiger partial charge in [-0.2, -0.15) is 0 Å². The molecule has 0 radical (unpaired) electrons. The fraction of sp³-hybridized carbons (Fsp3) is 0.381. The third kappa shape index (κ3) is 4.33. The van der Waals surface area contributed by atoms with E-state index in [1.807, 2.05) is 12.1 Å². The predicted molar refractivity (Wildman–Crippen MR) is 109 cm³/mol. The summed E-state index contributed by atoms with van der Waals surface area (Å²) in [6.07, 6.45) is 2.68. The van der Waals surface area contributed by atoms with Crippen molar-refractivity contribution < 1.29 is 9.18 Å². The zero-order chi connectivity index (χ0) is 20.3. The Bertz CT molecular complexity index is 986. The number of halogens is 2. The van der Waals surface area contributed by atoms with E-state index in [0.717, 1.165) is 30.0 Å². The first kappa shape index (κ1) is 20.3. The maximum atomic E-state index is 13.5. The topological polar surface area (TPSA) is 51.0 Å². The van der Waals surface area contributed by atoms with Crippen LogP contribution >= 0.6 is 11.6 Å². The molecule has 0 saturated heterocycles. The molecule has 3 aromatic rings. The lowest BCUT2D eigenvalue weighted by Crippen LogP contribution is -2.34. The van der Waals surface area contributed by atoms with Crippen molar-refractivity contribution in [1.29, 1.82) is 0 Å². The minimum absolute atomic E-state index is 0.0576. The van der Waals surface area contributed by atoms with Crippen molar-refractivity contribution in [3.8, 4) is 0 Å². The molecule has 0 aliphatic heterocycles. The number of pyridine rings is 1. The highest BCUT2D eigenvalue weighted by atomic mass is 35.5. The number of aromatic nitrogens is 3. The van der Waals surface area contributed by atoms with Gasteiger partial charge < -0.3 is 9.47 Å². The first-order chi connectivity index (χ1) is 13.4. The van der Waals surface area contributed by atoms with Gasteiger partial charge in [-0.05, 0) is 42.7 Å². The standard InChI is InChI=1S/C21H24ClFN4O/c1-4-10-27-19(25-18-6-5-9-24-20(18)27)13-26(12-14(2)3)21(28)15-7-8-17(23)16(22)11-15/h5-9,11,14H,4,10,12-13H2,1-3H3. The van der Waals surface area contributed by atoms with Crippen LogP contribution in [0.2, 0.25) is 5.02 Å². The van der Waals surface area contributed by atoms with Crippen LogP contribution in [0.25, 0.3) is 11.2 Å². The van der Waals surface area contributed by atoms with Gasteiger partial charge in [0.25, 0.3) is 5.91 Å². The maximum Gasteiger partial charge on any atom is 0.254 e. The molecule has 0 fully saturated rings. The number of fused-ring (bicyclic) bond motifs is 1. The molecular weight excluding hydrogens is 379 g/mol. The molecule has 148 valence electrons. The molecule has 0 saturated carbocycles. The summed E-state index contributed by atoms with van der Waals surface area (Å²) in [7, 11) is 0. The van der Waals surface area contributed by atoms with Crippen LogP contribution in [-0.2, 0) is 13.1 Å². The van der Waals surface area contributed by atoms with Gasteiger partial charge in [0.15, 0.2) is 5.65 Å². The van der Waals surface area contributed by atoms with Gasteiger partial charge >= 0.3 is 0 Å². The summed E-state index contributed by atoms with van der Waals surface area (Å²) in [5.74, 6) is 0.322. The molecule has 3 rings (SSSR count). The Balaban J connectivity index is 1.96. The molecule has 1 amide bonds. The second-order valence-electron chi connectivity index (χ2n) is 7.23. The zero-order valence-electron chi connectivity index (χ0n) is 16.3. The van der Waals surface area contributed by atoms with Gasteiger partial charge in [-0.1, -0.05) is 32.4 Å². The highest BCUT2D eigenvalue weighted by molar-refractivity contribution is 6.31. The highest BCUT2D eigenvalue weighted by Gasteiger charge is 2.22. The van der Waals surface area contributed by atoms with Crippen LogP contribution in [0, 0.1) is 11.7 Å². The molecule has 1 aromatic carbocycles. The number of hydrogen-bond acceptors (Lipinski definition) is 3. The van der Waals surface area contributed by atoms with Crippen LogP contribution < -0.4 is 0 Å². The maximum absolute atomic E-state index is 13.5. The number of amides is 1. The second kappa shape index (κ2) is 8.69. The van der Waals surface area contributed by atoms with E-state index in [0.29, 0.717) is 18.7 Å². The van der Waals surface area contributed by atoms with Crippen molar-refractivity contribution in [2.45, 2.75) is 40.3 Å². The number of carbonyl (C=O) groups is 1. The van der Waals surface area contributed by atoms with Crippen molar-refractivity contribution in [1.82, 2.24) is 19.4 Å². The van der Waals surface area contributed by atoms with Gasteiger partial charge in [0, 0.05) is 24.8 Å². The summed E-state index contributed by atoms with van der Waals surface area (Å²) in [5, 5.41) is -0.0576. The lowest BCUT2D eigenvalue weighted by molar-refractivity contribution is 0.0716. The van der Waals surface area contributed by atoms with Crippen LogP contribution in [0.1, 0.15) is 43.4 Å². The minimum Gasteiger partial charge on any atom is -0.331 e. The highest BCUT2D eigenvalue weighted by Crippen LogP contribution is 2.20. The van der Waals surface area contributed by atoms with Crippen LogP contribution in [-0.4, -0.2) is 31.9 Å². The smallest absolute Gasteiger partial charge is 0.254 e. The van der Waals surface area contributed by atoms with Gasteiger partial charge in [0.1, 0.15) is 17.2 Å². The zero-order valence-corrected chi connectivity index (χ0v) is 17.1. The number of carbonyl (C=O) groups excluding carboxylic acids is 1. The van der Waals surface area contributed by atoms with E-state index in [1.165, 1.54) is 18.2 Å². The molecule has 0 unspecified atom stereocenters. The van der Waals surface area contributed by atoms with Gasteiger partial charge in [0.2, 0.25) is 0 Å². The molecule has 0 spiro atoms. The number of nitrogens with zero attached hydrogens (tertiary/aromatic N) is 4. The largest absolute Gasteiger partial charge is 0.331 e. The van der Waals surface area contributed by atoms with Crippen LogP contribution in [0.4, 0.5) is 4.39 Å². The first-order valence-corrected chi connectivity index (χ1v) is 9.83. The van der Waals surface area contributed by atoms with E-state index < -0.39 is 5.82 Å². The van der Waals surface area contributed by atoms with Crippen LogP contribution in [0.5, 0.6) is 0 Å². The minimum atomic E-state index is -0.538. The van der Waals surface area contributed by atoms with Crippen molar-refractivity contribution in [2.75, 3.05) is 6.54 Å². The molecule has 0 aliphatic carbocycles. The monoisotopic (exact) mass is 402 g/mol. The molecule has 2 aromatic heterocycles. The van der Waals surface area contributed by atoms with Crippen molar-refractivity contribution in [3.63, 3.8) is 0 Å². The fourth-order valence-corrected chi connectivity index (χ4v) is 3.41. The lowest BCUT2D eigenvalue weighted by atomic mass is 10.1. The molecule has 2 heterocycles. The summed E-state index contributed by atoms with van der Waals surface area (Å²) < 4.78 is 15.6. The Labute approximate surface area is 169 Å². The van der Waals surface area contributed by atoms with Crippen molar-refractivity contribution >= 4 is 28.7 Å². The van der Waals surface area contributed by atoms with E-state index in [4.69, 9.17) is 16.6 Å². The van der Waals surface area contributed by atoms with Gasteiger partial charge in [-0.3, -0.25) is 4.79 Å². The summed E-state index contributed by atoms with van der Waals surface area (Å²) >= 11 is 5.88. The normalized spacial score (nSPS) is 11.4. The van der Waals surface area contributed by atoms with E-state index in [-0.39, 0.29) is 16.8 Å². The Morgan fingerprint density at radius 1 is 1.32 bits per heavy atom. The molecule has 5 nitrogen and oxygen atoms in total. The number of aryl methyl sites for hydroxylation is 1. The quantitative estimate of drug-likeness (QED) is 0.562. The summed E-state index contributed by atoms with van der Waals surface area (Å²) in [5.41, 5.74) is 2.00. The summed E-state index contributed by atoms with van der Waals surface area (Å²) in [4.78, 5) is 24.0. The van der Waals surface area contributed by atoms with Crippen molar-refractivity contribution in [3.05, 3.63) is 58.8 Å². The summed E-state index contributed by atoms with van der Waals surface area (Å²) in [6.45, 7) is 7.87. The Morgan fingerprint density at radius 2 is 2.11 bits per heavy atom. The third-order valence-electron chi connectivity index (χ3n) is 4.40. The first-order valence-electron chi connectivity index (χ1n) is 9.45. The molecule has 7 heteroatoms. The molecule has 0 N–H and O–H groups in total. The lowest BCUT2D eigenvalue weighted by Gasteiger charge is -2.25. The average molecular weight is 403 g/mol. The van der Waals surface area contributed by atoms with Crippen LogP contribution in [0.15, 0.2) is 36.5 Å². The SMILES string of the molecule is CCCn1c(CN(CC(C)C)C(=O)c2ccc(F)c(Cl)c2)nc2cccnc21. The number of benzene rings is 1. The Hall–Kier alpha value is -2.47. The van der Waals surface area contributed by atoms with E-state index in [1.54, 1.807) is 11.1 Å².